The van der Waals surface area contributed by atoms with Crippen LogP contribution in [0.4, 0.5) is 0 Å². The molecule has 18 heavy (non-hydrogen) atoms. The average Bonchev–Trinajstić information content (AvgIpc) is 2.68. The van der Waals surface area contributed by atoms with Gasteiger partial charge >= 0.3 is 0 Å². The summed E-state index contributed by atoms with van der Waals surface area (Å²) in [4.78, 5) is 0. The summed E-state index contributed by atoms with van der Waals surface area (Å²) >= 11 is 8.79. The molecule has 0 saturated carbocycles. The Bertz CT molecular complexity index is 606. The van der Waals surface area contributed by atoms with Crippen LogP contribution in [-0.2, 0) is 11.3 Å². The van der Waals surface area contributed by atoms with Gasteiger partial charge in [0.1, 0.15) is 0 Å². The number of aromatic amines is 1. The predicted octanol–water partition coefficient (Wildman–Crippen LogP) is 3.33. The lowest BCUT2D eigenvalue weighted by atomic mass is 10.1. The highest BCUT2D eigenvalue weighted by molar-refractivity contribution is 9.10. The molecule has 4 nitrogen and oxygen atoms in total. The highest BCUT2D eigenvalue weighted by Crippen LogP contribution is 2.27. The monoisotopic (exact) mass is 327 g/mol. The Morgan fingerprint density at radius 1 is 1.50 bits per heavy atom. The van der Waals surface area contributed by atoms with E-state index in [2.05, 4.69) is 45.2 Å². The maximum atomic E-state index is 5.23. The van der Waals surface area contributed by atoms with E-state index in [9.17, 15) is 0 Å². The molecule has 0 amide bonds. The Morgan fingerprint density at radius 3 is 2.94 bits per heavy atom. The summed E-state index contributed by atoms with van der Waals surface area (Å²) < 4.78 is 8.64. The smallest absolute Gasteiger partial charge is 0.195 e. The van der Waals surface area contributed by atoms with Gasteiger partial charge < -0.3 is 4.74 Å². The first-order valence-electron chi connectivity index (χ1n) is 5.54. The third kappa shape index (κ3) is 2.71. The van der Waals surface area contributed by atoms with Gasteiger partial charge in [-0.25, -0.2) is 0 Å². The third-order valence-corrected chi connectivity index (χ3v) is 3.61. The average molecular weight is 328 g/mol. The molecule has 0 aliphatic heterocycles. The van der Waals surface area contributed by atoms with E-state index in [1.165, 1.54) is 5.56 Å². The van der Waals surface area contributed by atoms with E-state index in [1.807, 2.05) is 10.6 Å². The van der Waals surface area contributed by atoms with E-state index in [4.69, 9.17) is 17.0 Å². The van der Waals surface area contributed by atoms with Crippen molar-refractivity contribution in [2.24, 2.45) is 0 Å². The standard InChI is InChI=1S/C12H14BrN3OS/c1-8-3-4-9(10(13)7-8)11-14-15-12(18)16(11)5-6-17-2/h3-4,7H,5-6H2,1-2H3,(H,15,18). The predicted molar refractivity (Wildman–Crippen MR) is 77.2 cm³/mol. The van der Waals surface area contributed by atoms with Gasteiger partial charge in [0.15, 0.2) is 10.6 Å². The molecule has 0 radical (unpaired) electrons. The van der Waals surface area contributed by atoms with Crippen molar-refractivity contribution in [3.8, 4) is 11.4 Å². The van der Waals surface area contributed by atoms with Gasteiger partial charge in [-0.3, -0.25) is 9.67 Å². The summed E-state index contributed by atoms with van der Waals surface area (Å²) in [5.74, 6) is 0.823. The summed E-state index contributed by atoms with van der Waals surface area (Å²) in [5.41, 5.74) is 2.22. The third-order valence-electron chi connectivity index (χ3n) is 2.64. The van der Waals surface area contributed by atoms with Crippen LogP contribution >= 0.6 is 28.1 Å². The number of halogens is 1. The number of ether oxygens (including phenoxy) is 1. The zero-order valence-electron chi connectivity index (χ0n) is 10.2. The largest absolute Gasteiger partial charge is 0.383 e. The van der Waals surface area contributed by atoms with Crippen molar-refractivity contribution in [1.82, 2.24) is 14.8 Å². The van der Waals surface area contributed by atoms with E-state index >= 15 is 0 Å². The second kappa shape index (κ2) is 5.77. The topological polar surface area (TPSA) is 42.8 Å². The molecule has 2 aromatic rings. The summed E-state index contributed by atoms with van der Waals surface area (Å²) in [7, 11) is 1.67. The molecule has 0 fully saturated rings. The number of nitrogens with one attached hydrogen (secondary N) is 1. The van der Waals surface area contributed by atoms with Gasteiger partial charge in [-0.15, -0.1) is 0 Å². The van der Waals surface area contributed by atoms with Crippen LogP contribution in [0.3, 0.4) is 0 Å². The highest BCUT2D eigenvalue weighted by atomic mass is 79.9. The number of hydrogen-bond donors (Lipinski definition) is 1. The molecular weight excluding hydrogens is 314 g/mol. The van der Waals surface area contributed by atoms with Gasteiger partial charge in [0.25, 0.3) is 0 Å². The van der Waals surface area contributed by atoms with Crippen molar-refractivity contribution < 1.29 is 4.74 Å². The highest BCUT2D eigenvalue weighted by Gasteiger charge is 2.11. The minimum Gasteiger partial charge on any atom is -0.383 e. The molecule has 0 bridgehead atoms. The molecule has 96 valence electrons. The lowest BCUT2D eigenvalue weighted by molar-refractivity contribution is 0.187. The van der Waals surface area contributed by atoms with Crippen LogP contribution in [0.1, 0.15) is 5.56 Å². The number of H-pyrrole nitrogens is 1. The minimum atomic E-state index is 0.602. The maximum absolute atomic E-state index is 5.23. The van der Waals surface area contributed by atoms with Crippen LogP contribution in [0.15, 0.2) is 22.7 Å². The van der Waals surface area contributed by atoms with Crippen LogP contribution in [-0.4, -0.2) is 28.5 Å². The van der Waals surface area contributed by atoms with Gasteiger partial charge in [-0.05, 0) is 36.8 Å². The van der Waals surface area contributed by atoms with Gasteiger partial charge in [-0.2, -0.15) is 5.10 Å². The molecule has 0 saturated heterocycles. The quantitative estimate of drug-likeness (QED) is 0.876. The first-order valence-corrected chi connectivity index (χ1v) is 6.74. The van der Waals surface area contributed by atoms with Crippen LogP contribution in [0.2, 0.25) is 0 Å². The Balaban J connectivity index is 2.47. The number of methoxy groups -OCH3 is 1. The number of benzene rings is 1. The Kier molecular flexibility index (Phi) is 4.31. The minimum absolute atomic E-state index is 0.602. The molecule has 1 aromatic carbocycles. The van der Waals surface area contributed by atoms with Gasteiger partial charge in [0.2, 0.25) is 0 Å². The van der Waals surface area contributed by atoms with Gasteiger partial charge in [0.05, 0.1) is 13.2 Å². The van der Waals surface area contributed by atoms with E-state index in [-0.39, 0.29) is 0 Å². The molecule has 0 spiro atoms. The van der Waals surface area contributed by atoms with Gasteiger partial charge in [-0.1, -0.05) is 22.0 Å². The second-order valence-electron chi connectivity index (χ2n) is 3.98. The molecule has 0 aliphatic rings. The second-order valence-corrected chi connectivity index (χ2v) is 5.22. The number of aryl methyl sites for hydroxylation is 1. The van der Waals surface area contributed by atoms with Crippen molar-refractivity contribution in [2.75, 3.05) is 13.7 Å². The number of nitrogens with zero attached hydrogens (tertiary/aromatic N) is 2. The molecule has 0 aliphatic carbocycles. The van der Waals surface area contributed by atoms with Crippen LogP contribution in [0.25, 0.3) is 11.4 Å². The molecule has 1 aromatic heterocycles. The lowest BCUT2D eigenvalue weighted by Crippen LogP contribution is -2.06. The van der Waals surface area contributed by atoms with E-state index in [0.717, 1.165) is 15.9 Å². The van der Waals surface area contributed by atoms with E-state index in [0.29, 0.717) is 17.9 Å². The SMILES string of the molecule is COCCn1c(-c2ccc(C)cc2Br)n[nH]c1=S. The molecule has 2 rings (SSSR count). The Morgan fingerprint density at radius 2 is 2.28 bits per heavy atom. The van der Waals surface area contributed by atoms with Crippen LogP contribution < -0.4 is 0 Å². The van der Waals surface area contributed by atoms with Crippen molar-refractivity contribution >= 4 is 28.1 Å². The molecule has 1 heterocycles. The van der Waals surface area contributed by atoms with Crippen molar-refractivity contribution in [3.05, 3.63) is 33.0 Å². The zero-order chi connectivity index (χ0) is 13.1. The normalized spacial score (nSPS) is 10.8. The number of rotatable bonds is 4. The Labute approximate surface area is 119 Å². The zero-order valence-corrected chi connectivity index (χ0v) is 12.6. The summed E-state index contributed by atoms with van der Waals surface area (Å²) in [6.07, 6.45) is 0. The molecule has 6 heteroatoms. The van der Waals surface area contributed by atoms with Crippen molar-refractivity contribution in [2.45, 2.75) is 13.5 Å². The fourth-order valence-corrected chi connectivity index (χ4v) is 2.61. The molecule has 1 N–H and O–H groups in total. The summed E-state index contributed by atoms with van der Waals surface area (Å²) in [6, 6.07) is 6.15. The van der Waals surface area contributed by atoms with Crippen molar-refractivity contribution in [3.63, 3.8) is 0 Å². The van der Waals surface area contributed by atoms with Crippen molar-refractivity contribution in [1.29, 1.82) is 0 Å². The first kappa shape index (κ1) is 13.5. The van der Waals surface area contributed by atoms with Gasteiger partial charge in [0, 0.05) is 17.1 Å². The fraction of sp³-hybridized carbons (Fsp3) is 0.333. The summed E-state index contributed by atoms with van der Waals surface area (Å²) in [6.45, 7) is 3.34. The van der Waals surface area contributed by atoms with E-state index in [1.54, 1.807) is 7.11 Å². The summed E-state index contributed by atoms with van der Waals surface area (Å²) in [5, 5.41) is 7.12. The number of aromatic nitrogens is 3. The molecular formula is C12H14BrN3OS. The fourth-order valence-electron chi connectivity index (χ4n) is 1.71. The first-order chi connectivity index (χ1) is 8.63. The maximum Gasteiger partial charge on any atom is 0.195 e. The number of hydrogen-bond acceptors (Lipinski definition) is 3. The van der Waals surface area contributed by atoms with Crippen LogP contribution in [0.5, 0.6) is 0 Å². The Hall–Kier alpha value is -0.980. The van der Waals surface area contributed by atoms with Crippen LogP contribution in [0, 0.1) is 11.7 Å². The van der Waals surface area contributed by atoms with E-state index < -0.39 is 0 Å². The molecule has 0 unspecified atom stereocenters. The molecule has 0 atom stereocenters. The lowest BCUT2D eigenvalue weighted by Gasteiger charge is -2.08.